The summed E-state index contributed by atoms with van der Waals surface area (Å²) >= 11 is 0. The quantitative estimate of drug-likeness (QED) is 0.246. The van der Waals surface area contributed by atoms with Crippen LogP contribution in [-0.2, 0) is 4.74 Å². The molecule has 4 rings (SSSR count). The second kappa shape index (κ2) is 14.0. The Kier molecular flexibility index (Phi) is 10.5. The van der Waals surface area contributed by atoms with Crippen LogP contribution >= 0.6 is 0 Å². The molecule has 0 spiro atoms. The Hall–Kier alpha value is -3.63. The van der Waals surface area contributed by atoms with E-state index in [-0.39, 0.29) is 29.4 Å². The van der Waals surface area contributed by atoms with Crippen LogP contribution in [0.3, 0.4) is 0 Å². The Bertz CT molecular complexity index is 1350. The third-order valence-electron chi connectivity index (χ3n) is 6.93. The minimum Gasteiger partial charge on any atom is -0.493 e. The van der Waals surface area contributed by atoms with Crippen molar-refractivity contribution in [2.45, 2.75) is 59.7 Å². The van der Waals surface area contributed by atoms with Gasteiger partial charge in [0.1, 0.15) is 5.75 Å². The first-order valence-corrected chi connectivity index (χ1v) is 14.5. The number of amides is 2. The fourth-order valence-corrected chi connectivity index (χ4v) is 4.93. The fraction of sp³-hybridized carbons (Fsp3) is 0.500. The van der Waals surface area contributed by atoms with Gasteiger partial charge in [0, 0.05) is 55.6 Å². The molecule has 0 saturated carbocycles. The van der Waals surface area contributed by atoms with E-state index < -0.39 is 5.82 Å². The Morgan fingerprint density at radius 1 is 1.07 bits per heavy atom. The highest BCUT2D eigenvalue weighted by atomic mass is 19.1. The molecule has 0 radical (unpaired) electrons. The lowest BCUT2D eigenvalue weighted by Gasteiger charge is -2.35. The number of aromatic nitrogens is 1. The van der Waals surface area contributed by atoms with Crippen molar-refractivity contribution in [1.29, 1.82) is 0 Å². The number of nitrogens with zero attached hydrogens (tertiary/aromatic N) is 2. The van der Waals surface area contributed by atoms with Crippen molar-refractivity contribution in [1.82, 2.24) is 15.2 Å². The number of nitrogens with one attached hydrogen (secondary N) is 2. The number of anilines is 1. The molecule has 228 valence electrons. The number of methoxy groups -OCH3 is 1. The smallest absolute Gasteiger partial charge is 0.319 e. The predicted molar refractivity (Wildman–Crippen MR) is 162 cm³/mol. The lowest BCUT2D eigenvalue weighted by molar-refractivity contribution is -0.0686. The molecule has 2 heterocycles. The van der Waals surface area contributed by atoms with E-state index in [4.69, 9.17) is 18.9 Å². The van der Waals surface area contributed by atoms with Crippen molar-refractivity contribution in [3.63, 3.8) is 0 Å². The van der Waals surface area contributed by atoms with E-state index in [1.165, 1.54) is 12.1 Å². The van der Waals surface area contributed by atoms with Crippen LogP contribution in [0, 0.1) is 11.2 Å². The normalized spacial score (nSPS) is 17.6. The molecule has 2 N–H and O–H groups in total. The molecule has 2 amide bonds. The van der Waals surface area contributed by atoms with Gasteiger partial charge in [0.25, 0.3) is 0 Å². The zero-order chi connectivity index (χ0) is 30.3. The van der Waals surface area contributed by atoms with E-state index in [0.29, 0.717) is 47.0 Å². The number of urea groups is 1. The summed E-state index contributed by atoms with van der Waals surface area (Å²) in [6.45, 7) is 14.3. The summed E-state index contributed by atoms with van der Waals surface area (Å²) in [6, 6.07) is 9.18. The van der Waals surface area contributed by atoms with Crippen LogP contribution in [0.4, 0.5) is 14.9 Å². The molecule has 2 aromatic carbocycles. The van der Waals surface area contributed by atoms with Crippen LogP contribution in [0.15, 0.2) is 42.6 Å². The summed E-state index contributed by atoms with van der Waals surface area (Å²) in [5.41, 5.74) is 1.06. The zero-order valence-corrected chi connectivity index (χ0v) is 25.5. The molecule has 3 aromatic rings. The number of hydrogen-bond acceptors (Lipinski definition) is 7. The minimum atomic E-state index is -0.608. The van der Waals surface area contributed by atoms with Crippen LogP contribution in [0.2, 0.25) is 0 Å². The van der Waals surface area contributed by atoms with Crippen LogP contribution < -0.4 is 24.8 Å². The zero-order valence-electron chi connectivity index (χ0n) is 25.5. The predicted octanol–water partition coefficient (Wildman–Crippen LogP) is 6.61. The number of fused-ring (bicyclic) bond motifs is 1. The minimum absolute atomic E-state index is 0.0206. The maximum absolute atomic E-state index is 15.0. The third-order valence-corrected chi connectivity index (χ3v) is 6.93. The number of carbonyl (C=O) groups is 1. The summed E-state index contributed by atoms with van der Waals surface area (Å²) in [7, 11) is 1.58. The second-order valence-corrected chi connectivity index (χ2v) is 12.0. The average Bonchev–Trinajstić information content (AvgIpc) is 2.91. The van der Waals surface area contributed by atoms with Gasteiger partial charge in [-0.05, 0) is 56.4 Å². The van der Waals surface area contributed by atoms with E-state index in [1.807, 2.05) is 6.07 Å². The maximum Gasteiger partial charge on any atom is 0.319 e. The van der Waals surface area contributed by atoms with Crippen molar-refractivity contribution in [3.8, 4) is 23.0 Å². The lowest BCUT2D eigenvalue weighted by Crippen LogP contribution is -2.45. The molecule has 1 aliphatic heterocycles. The van der Waals surface area contributed by atoms with E-state index >= 15 is 0 Å². The van der Waals surface area contributed by atoms with Gasteiger partial charge in [-0.2, -0.15) is 0 Å². The number of carbonyl (C=O) groups excluding carboxylic acids is 1. The number of rotatable bonds is 11. The van der Waals surface area contributed by atoms with E-state index in [2.05, 4.69) is 55.1 Å². The number of hydrogen-bond donors (Lipinski definition) is 2. The second-order valence-electron chi connectivity index (χ2n) is 12.0. The lowest BCUT2D eigenvalue weighted by atomic mass is 9.92. The molecule has 2 atom stereocenters. The molecule has 0 bridgehead atoms. The Morgan fingerprint density at radius 2 is 1.83 bits per heavy atom. The number of benzene rings is 2. The summed E-state index contributed by atoms with van der Waals surface area (Å²) in [4.78, 5) is 19.0. The Balaban J connectivity index is 1.39. The molecule has 1 aliphatic rings. The highest BCUT2D eigenvalue weighted by molar-refractivity contribution is 5.90. The summed E-state index contributed by atoms with van der Waals surface area (Å²) in [5, 5.41) is 6.10. The highest BCUT2D eigenvalue weighted by Crippen LogP contribution is 2.38. The number of halogens is 1. The Labute approximate surface area is 247 Å². The number of morpholine rings is 1. The average molecular weight is 583 g/mol. The Morgan fingerprint density at radius 3 is 2.52 bits per heavy atom. The summed E-state index contributed by atoms with van der Waals surface area (Å²) < 4.78 is 38.4. The largest absolute Gasteiger partial charge is 0.493 e. The van der Waals surface area contributed by atoms with Crippen molar-refractivity contribution in [2.24, 2.45) is 5.41 Å². The molecule has 2 unspecified atom stereocenters. The van der Waals surface area contributed by atoms with Gasteiger partial charge >= 0.3 is 6.03 Å². The van der Waals surface area contributed by atoms with Crippen LogP contribution in [-0.4, -0.2) is 68.0 Å². The first-order chi connectivity index (χ1) is 20.0. The molecule has 1 saturated heterocycles. The van der Waals surface area contributed by atoms with Crippen LogP contribution in [0.5, 0.6) is 23.0 Å². The van der Waals surface area contributed by atoms with Gasteiger partial charge in [-0.3, -0.25) is 9.88 Å². The molecule has 0 aliphatic carbocycles. The van der Waals surface area contributed by atoms with Gasteiger partial charge in [0.05, 0.1) is 31.4 Å². The summed E-state index contributed by atoms with van der Waals surface area (Å²) in [6.07, 6.45) is 3.75. The van der Waals surface area contributed by atoms with Crippen molar-refractivity contribution in [3.05, 3.63) is 48.4 Å². The van der Waals surface area contributed by atoms with Gasteiger partial charge in [0.2, 0.25) is 0 Å². The molecule has 10 heteroatoms. The molecule has 1 aromatic heterocycles. The topological polar surface area (TPSA) is 94.2 Å². The van der Waals surface area contributed by atoms with E-state index in [9.17, 15) is 9.18 Å². The van der Waals surface area contributed by atoms with E-state index in [0.717, 1.165) is 32.5 Å². The third kappa shape index (κ3) is 8.93. The van der Waals surface area contributed by atoms with Gasteiger partial charge in [0.15, 0.2) is 23.1 Å². The van der Waals surface area contributed by atoms with Crippen molar-refractivity contribution < 1.29 is 28.1 Å². The van der Waals surface area contributed by atoms with Gasteiger partial charge < -0.3 is 29.6 Å². The van der Waals surface area contributed by atoms with Gasteiger partial charge in [-0.15, -0.1) is 0 Å². The molecular formula is C32H43FN4O5. The monoisotopic (exact) mass is 582 g/mol. The maximum atomic E-state index is 15.0. The standard InChI is InChI=1S/C32H43FN4O5/c1-21-19-37(20-22(2)41-21)14-7-15-40-30-18-26-24(17-29(30)39-6)27(10-12-34-26)42-28-9-8-23(16-25(28)33)36-31(38)35-13-11-32(3,4)5/h8-10,12,16-18,21-22H,7,11,13-15,19-20H2,1-6H3,(H2,35,36,38). The van der Waals surface area contributed by atoms with Gasteiger partial charge in [-0.1, -0.05) is 20.8 Å². The molecule has 42 heavy (non-hydrogen) atoms. The molecule has 9 nitrogen and oxygen atoms in total. The van der Waals surface area contributed by atoms with Crippen LogP contribution in [0.1, 0.15) is 47.5 Å². The fourth-order valence-electron chi connectivity index (χ4n) is 4.93. The molecule has 1 fully saturated rings. The van der Waals surface area contributed by atoms with Crippen molar-refractivity contribution >= 4 is 22.6 Å². The SMILES string of the molecule is COc1cc2c(Oc3ccc(NC(=O)NCCC(C)(C)C)cc3F)ccnc2cc1OCCCN1CC(C)OC(C)C1. The molecular weight excluding hydrogens is 539 g/mol. The highest BCUT2D eigenvalue weighted by Gasteiger charge is 2.22. The summed E-state index contributed by atoms with van der Waals surface area (Å²) in [5.74, 6) is 0.947. The van der Waals surface area contributed by atoms with Gasteiger partial charge in [-0.25, -0.2) is 9.18 Å². The number of ether oxygens (including phenoxy) is 4. The first kappa shape index (κ1) is 31.3. The van der Waals surface area contributed by atoms with E-state index in [1.54, 1.807) is 31.5 Å². The first-order valence-electron chi connectivity index (χ1n) is 14.5. The van der Waals surface area contributed by atoms with Crippen molar-refractivity contribution in [2.75, 3.05) is 45.2 Å². The van der Waals surface area contributed by atoms with Crippen LogP contribution in [0.25, 0.3) is 10.9 Å². The number of pyridine rings is 1.